The number of aliphatic hydroxyl groups excluding tert-OH is 1. The largest absolute Gasteiger partial charge is 0.480 e. The van der Waals surface area contributed by atoms with Crippen LogP contribution < -0.4 is 21.7 Å². The molecule has 0 fully saturated rings. The molecule has 7 N–H and O–H groups in total. The smallest absolute Gasteiger partial charge is 0.325 e. The molecule has 0 heterocycles. The molecule has 0 radical (unpaired) electrons. The standard InChI is InChI=1S/C17H32N4O6/c1-6-9(4)13(21-14(23)11(18)7-22)16(25)20-12(8(2)3)15(24)19-10(5)17(26)27/h8-13,22H,6-7,18H2,1-5H3,(H,19,24)(H,20,25)(H,21,23)(H,26,27). The Hall–Kier alpha value is -2.20. The van der Waals surface area contributed by atoms with Crippen LogP contribution >= 0.6 is 0 Å². The van der Waals surface area contributed by atoms with E-state index in [9.17, 15) is 19.2 Å². The first kappa shape index (κ1) is 24.8. The van der Waals surface area contributed by atoms with E-state index in [2.05, 4.69) is 16.0 Å². The maximum Gasteiger partial charge on any atom is 0.325 e. The third-order valence-corrected chi connectivity index (χ3v) is 4.30. The highest BCUT2D eigenvalue weighted by atomic mass is 16.4. The van der Waals surface area contributed by atoms with Crippen molar-refractivity contribution in [2.75, 3.05) is 6.61 Å². The Morgan fingerprint density at radius 2 is 1.37 bits per heavy atom. The van der Waals surface area contributed by atoms with Crippen molar-refractivity contribution in [3.8, 4) is 0 Å². The van der Waals surface area contributed by atoms with E-state index in [0.29, 0.717) is 6.42 Å². The Morgan fingerprint density at radius 1 is 0.889 bits per heavy atom. The van der Waals surface area contributed by atoms with Crippen molar-refractivity contribution in [3.05, 3.63) is 0 Å². The summed E-state index contributed by atoms with van der Waals surface area (Å²) in [5.74, 6) is -3.66. The van der Waals surface area contributed by atoms with Crippen molar-refractivity contribution in [1.29, 1.82) is 0 Å². The quantitative estimate of drug-likeness (QED) is 0.252. The lowest BCUT2D eigenvalue weighted by Gasteiger charge is -2.28. The number of hydrogen-bond donors (Lipinski definition) is 6. The fourth-order valence-corrected chi connectivity index (χ4v) is 2.19. The third kappa shape index (κ3) is 7.92. The van der Waals surface area contributed by atoms with Gasteiger partial charge in [0.1, 0.15) is 24.2 Å². The van der Waals surface area contributed by atoms with Gasteiger partial charge < -0.3 is 31.9 Å². The summed E-state index contributed by atoms with van der Waals surface area (Å²) in [6.07, 6.45) is 0.571. The van der Waals surface area contributed by atoms with E-state index >= 15 is 0 Å². The van der Waals surface area contributed by atoms with Crippen molar-refractivity contribution < 1.29 is 29.4 Å². The minimum atomic E-state index is -1.19. The Balaban J connectivity index is 5.30. The molecular formula is C17H32N4O6. The van der Waals surface area contributed by atoms with E-state index in [1.54, 1.807) is 20.8 Å². The van der Waals surface area contributed by atoms with E-state index in [1.807, 2.05) is 6.92 Å². The van der Waals surface area contributed by atoms with Gasteiger partial charge in [0.2, 0.25) is 17.7 Å². The Labute approximate surface area is 159 Å². The van der Waals surface area contributed by atoms with Crippen LogP contribution in [0.4, 0.5) is 0 Å². The van der Waals surface area contributed by atoms with Gasteiger partial charge in [0.05, 0.1) is 6.61 Å². The van der Waals surface area contributed by atoms with Crippen LogP contribution in [0.3, 0.4) is 0 Å². The Bertz CT molecular complexity index is 540. The van der Waals surface area contributed by atoms with Crippen molar-refractivity contribution in [1.82, 2.24) is 16.0 Å². The summed E-state index contributed by atoms with van der Waals surface area (Å²) in [5, 5.41) is 25.3. The van der Waals surface area contributed by atoms with Crippen LogP contribution in [0, 0.1) is 11.8 Å². The van der Waals surface area contributed by atoms with Crippen molar-refractivity contribution in [3.63, 3.8) is 0 Å². The fraction of sp³-hybridized carbons (Fsp3) is 0.765. The van der Waals surface area contributed by atoms with E-state index in [0.717, 1.165) is 0 Å². The van der Waals surface area contributed by atoms with Gasteiger partial charge in [-0.05, 0) is 18.8 Å². The molecule has 0 bridgehead atoms. The molecule has 0 aromatic rings. The highest BCUT2D eigenvalue weighted by Crippen LogP contribution is 2.10. The van der Waals surface area contributed by atoms with E-state index in [1.165, 1.54) is 6.92 Å². The topological polar surface area (TPSA) is 171 Å². The van der Waals surface area contributed by atoms with Gasteiger partial charge in [-0.3, -0.25) is 19.2 Å². The molecule has 0 spiro atoms. The number of carbonyl (C=O) groups excluding carboxylic acids is 3. The number of carboxylic acids is 1. The second-order valence-electron chi connectivity index (χ2n) is 6.96. The first-order chi connectivity index (χ1) is 12.5. The molecule has 10 heteroatoms. The number of aliphatic hydroxyl groups is 1. The molecule has 0 saturated carbocycles. The van der Waals surface area contributed by atoms with Crippen LogP contribution in [-0.2, 0) is 19.2 Å². The highest BCUT2D eigenvalue weighted by Gasteiger charge is 2.32. The van der Waals surface area contributed by atoms with Gasteiger partial charge in [-0.2, -0.15) is 0 Å². The number of carboxylic acid groups (broad SMARTS) is 1. The van der Waals surface area contributed by atoms with Gasteiger partial charge in [-0.1, -0.05) is 34.1 Å². The predicted molar refractivity (Wildman–Crippen MR) is 98.5 cm³/mol. The number of carbonyl (C=O) groups is 4. The zero-order chi connectivity index (χ0) is 21.3. The predicted octanol–water partition coefficient (Wildman–Crippen LogP) is -1.43. The molecule has 0 aliphatic heterocycles. The summed E-state index contributed by atoms with van der Waals surface area (Å²) >= 11 is 0. The summed E-state index contributed by atoms with van der Waals surface area (Å²) in [6.45, 7) is 7.75. The van der Waals surface area contributed by atoms with Crippen molar-refractivity contribution in [2.45, 2.75) is 65.2 Å². The second kappa shape index (κ2) is 11.5. The minimum absolute atomic E-state index is 0.256. The monoisotopic (exact) mass is 388 g/mol. The SMILES string of the molecule is CCC(C)C(NC(=O)C(N)CO)C(=O)NC(C(=O)NC(C)C(=O)O)C(C)C. The molecule has 0 aliphatic rings. The maximum atomic E-state index is 12.7. The summed E-state index contributed by atoms with van der Waals surface area (Å²) in [6, 6.07) is -4.20. The number of nitrogens with one attached hydrogen (secondary N) is 3. The van der Waals surface area contributed by atoms with Gasteiger partial charge in [-0.25, -0.2) is 0 Å². The number of nitrogens with two attached hydrogens (primary N) is 1. The summed E-state index contributed by atoms with van der Waals surface area (Å²) in [4.78, 5) is 47.9. The van der Waals surface area contributed by atoms with Crippen LogP contribution in [0.1, 0.15) is 41.0 Å². The molecule has 5 atom stereocenters. The summed E-state index contributed by atoms with van der Waals surface area (Å²) < 4.78 is 0. The lowest BCUT2D eigenvalue weighted by atomic mass is 9.96. The normalized spacial score (nSPS) is 16.6. The average Bonchev–Trinajstić information content (AvgIpc) is 2.61. The van der Waals surface area contributed by atoms with Crippen LogP contribution in [0.25, 0.3) is 0 Å². The molecule has 0 aromatic heterocycles. The Kier molecular flexibility index (Phi) is 10.6. The number of aliphatic carboxylic acids is 1. The second-order valence-corrected chi connectivity index (χ2v) is 6.96. The lowest BCUT2D eigenvalue weighted by Crippen LogP contribution is -2.59. The zero-order valence-corrected chi connectivity index (χ0v) is 16.5. The van der Waals surface area contributed by atoms with Crippen LogP contribution in [0.5, 0.6) is 0 Å². The fourth-order valence-electron chi connectivity index (χ4n) is 2.19. The molecule has 156 valence electrons. The van der Waals surface area contributed by atoms with Gasteiger partial charge in [0.25, 0.3) is 0 Å². The minimum Gasteiger partial charge on any atom is -0.480 e. The number of rotatable bonds is 11. The maximum absolute atomic E-state index is 12.7. The highest BCUT2D eigenvalue weighted by molar-refractivity contribution is 5.94. The van der Waals surface area contributed by atoms with E-state index in [4.69, 9.17) is 15.9 Å². The zero-order valence-electron chi connectivity index (χ0n) is 16.5. The van der Waals surface area contributed by atoms with Crippen LogP contribution in [0.2, 0.25) is 0 Å². The first-order valence-electron chi connectivity index (χ1n) is 8.96. The summed E-state index contributed by atoms with van der Waals surface area (Å²) in [5.41, 5.74) is 5.47. The number of hydrogen-bond acceptors (Lipinski definition) is 6. The summed E-state index contributed by atoms with van der Waals surface area (Å²) in [7, 11) is 0. The van der Waals surface area contributed by atoms with E-state index < -0.39 is 54.5 Å². The van der Waals surface area contributed by atoms with E-state index in [-0.39, 0.29) is 11.8 Å². The van der Waals surface area contributed by atoms with Gasteiger partial charge in [-0.15, -0.1) is 0 Å². The third-order valence-electron chi connectivity index (χ3n) is 4.30. The molecule has 10 nitrogen and oxygen atoms in total. The first-order valence-corrected chi connectivity index (χ1v) is 8.96. The number of amides is 3. The van der Waals surface area contributed by atoms with Gasteiger partial charge in [0, 0.05) is 0 Å². The Morgan fingerprint density at radius 3 is 1.78 bits per heavy atom. The molecule has 0 aromatic carbocycles. The molecule has 3 amide bonds. The molecule has 5 unspecified atom stereocenters. The van der Waals surface area contributed by atoms with Crippen molar-refractivity contribution in [2.24, 2.45) is 17.6 Å². The van der Waals surface area contributed by atoms with Gasteiger partial charge >= 0.3 is 5.97 Å². The molecule has 0 aliphatic carbocycles. The lowest BCUT2D eigenvalue weighted by molar-refractivity contribution is -0.142. The molecule has 0 saturated heterocycles. The van der Waals surface area contributed by atoms with Crippen LogP contribution in [0.15, 0.2) is 0 Å². The molecule has 0 rings (SSSR count). The van der Waals surface area contributed by atoms with Crippen LogP contribution in [-0.4, -0.2) is 64.7 Å². The van der Waals surface area contributed by atoms with Gasteiger partial charge in [0.15, 0.2) is 0 Å². The molecule has 27 heavy (non-hydrogen) atoms. The van der Waals surface area contributed by atoms with Crippen molar-refractivity contribution >= 4 is 23.7 Å². The average molecular weight is 388 g/mol. The molecular weight excluding hydrogens is 356 g/mol.